The SMILES string of the molecule is O=C(NC1CCCCC1)c1cccc2c1NC(c1cc(Cl)cc(Cl)c1O)C1CC=CC21. The molecule has 0 aromatic heterocycles. The molecule has 3 unspecified atom stereocenters. The summed E-state index contributed by atoms with van der Waals surface area (Å²) >= 11 is 12.5. The fourth-order valence-corrected chi connectivity index (χ4v) is 5.96. The minimum Gasteiger partial charge on any atom is -0.506 e. The highest BCUT2D eigenvalue weighted by Crippen LogP contribution is 2.52. The lowest BCUT2D eigenvalue weighted by Gasteiger charge is -2.38. The van der Waals surface area contributed by atoms with Gasteiger partial charge in [0.15, 0.2) is 0 Å². The van der Waals surface area contributed by atoms with Crippen LogP contribution >= 0.6 is 23.2 Å². The number of benzene rings is 2. The molecule has 6 heteroatoms. The highest BCUT2D eigenvalue weighted by atomic mass is 35.5. The van der Waals surface area contributed by atoms with Gasteiger partial charge < -0.3 is 15.7 Å². The molecule has 162 valence electrons. The molecule has 0 radical (unpaired) electrons. The third kappa shape index (κ3) is 3.81. The standard InChI is InChI=1S/C25H26Cl2N2O2/c26-14-12-20(24(30)21(27)13-14)23-18-9-4-8-16(18)17-10-5-11-19(22(17)29-23)25(31)28-15-6-2-1-3-7-15/h4-5,8,10-13,15-16,18,23,29-30H,1-3,6-7,9H2,(H,28,31). The molecule has 0 spiro atoms. The van der Waals surface area contributed by atoms with Crippen LogP contribution in [0.1, 0.15) is 72.0 Å². The van der Waals surface area contributed by atoms with Gasteiger partial charge in [0.05, 0.1) is 22.3 Å². The molecule has 5 rings (SSSR count). The van der Waals surface area contributed by atoms with Crippen molar-refractivity contribution in [3.8, 4) is 5.75 Å². The highest BCUT2D eigenvalue weighted by Gasteiger charge is 2.40. The first-order valence-electron chi connectivity index (χ1n) is 11.1. The van der Waals surface area contributed by atoms with E-state index in [4.69, 9.17) is 23.2 Å². The van der Waals surface area contributed by atoms with Gasteiger partial charge in [-0.2, -0.15) is 0 Å². The number of anilines is 1. The lowest BCUT2D eigenvalue weighted by molar-refractivity contribution is 0.0928. The molecule has 2 aromatic rings. The van der Waals surface area contributed by atoms with Crippen molar-refractivity contribution in [2.75, 3.05) is 5.32 Å². The number of carbonyl (C=O) groups excluding carboxylic acids is 1. The summed E-state index contributed by atoms with van der Waals surface area (Å²) in [6.07, 6.45) is 10.9. The number of fused-ring (bicyclic) bond motifs is 3. The number of nitrogens with one attached hydrogen (secondary N) is 2. The Hall–Kier alpha value is -2.17. The van der Waals surface area contributed by atoms with E-state index < -0.39 is 0 Å². The maximum atomic E-state index is 13.2. The molecule has 1 saturated carbocycles. The van der Waals surface area contributed by atoms with E-state index >= 15 is 0 Å². The van der Waals surface area contributed by atoms with E-state index in [2.05, 4.69) is 28.9 Å². The van der Waals surface area contributed by atoms with E-state index in [0.717, 1.165) is 30.5 Å². The smallest absolute Gasteiger partial charge is 0.253 e. The summed E-state index contributed by atoms with van der Waals surface area (Å²) < 4.78 is 0. The molecule has 2 aliphatic carbocycles. The van der Waals surface area contributed by atoms with Crippen LogP contribution in [-0.4, -0.2) is 17.1 Å². The normalized spacial score (nSPS) is 24.9. The van der Waals surface area contributed by atoms with Crippen LogP contribution in [0.3, 0.4) is 0 Å². The van der Waals surface area contributed by atoms with Crippen molar-refractivity contribution in [3.05, 3.63) is 69.2 Å². The zero-order chi connectivity index (χ0) is 21.5. The van der Waals surface area contributed by atoms with Gasteiger partial charge in [0.25, 0.3) is 5.91 Å². The Morgan fingerprint density at radius 3 is 2.71 bits per heavy atom. The largest absolute Gasteiger partial charge is 0.506 e. The van der Waals surface area contributed by atoms with Gasteiger partial charge in [0.1, 0.15) is 5.75 Å². The number of hydrogen-bond donors (Lipinski definition) is 3. The number of allylic oxidation sites excluding steroid dienone is 2. The maximum absolute atomic E-state index is 13.2. The number of halogens is 2. The fourth-order valence-electron chi connectivity index (χ4n) is 5.45. The molecule has 1 fully saturated rings. The van der Waals surface area contributed by atoms with Crippen molar-refractivity contribution < 1.29 is 9.90 Å². The van der Waals surface area contributed by atoms with E-state index in [9.17, 15) is 9.90 Å². The summed E-state index contributed by atoms with van der Waals surface area (Å²) in [4.78, 5) is 13.2. The predicted octanol–water partition coefficient (Wildman–Crippen LogP) is 6.59. The van der Waals surface area contributed by atoms with Gasteiger partial charge in [-0.3, -0.25) is 4.79 Å². The molecule has 1 heterocycles. The molecule has 1 amide bonds. The minimum atomic E-state index is -0.202. The monoisotopic (exact) mass is 456 g/mol. The maximum Gasteiger partial charge on any atom is 0.253 e. The van der Waals surface area contributed by atoms with Gasteiger partial charge in [-0.1, -0.05) is 66.7 Å². The van der Waals surface area contributed by atoms with Gasteiger partial charge >= 0.3 is 0 Å². The molecule has 0 saturated heterocycles. The molecule has 0 bridgehead atoms. The van der Waals surface area contributed by atoms with Crippen LogP contribution in [0, 0.1) is 5.92 Å². The first kappa shape index (κ1) is 20.7. The van der Waals surface area contributed by atoms with Crippen molar-refractivity contribution in [2.24, 2.45) is 5.92 Å². The molecule has 2 aromatic carbocycles. The Morgan fingerprint density at radius 1 is 1.10 bits per heavy atom. The first-order chi connectivity index (χ1) is 15.0. The lowest BCUT2D eigenvalue weighted by atomic mass is 9.76. The topological polar surface area (TPSA) is 61.4 Å². The van der Waals surface area contributed by atoms with Crippen molar-refractivity contribution >= 4 is 34.8 Å². The number of amides is 1. The number of aromatic hydroxyl groups is 1. The number of hydrogen-bond acceptors (Lipinski definition) is 3. The molecule has 3 aliphatic rings. The summed E-state index contributed by atoms with van der Waals surface area (Å²) in [5.41, 5.74) is 3.28. The Labute approximate surface area is 192 Å². The van der Waals surface area contributed by atoms with Crippen LogP contribution in [0.4, 0.5) is 5.69 Å². The van der Waals surface area contributed by atoms with Crippen LogP contribution < -0.4 is 10.6 Å². The summed E-state index contributed by atoms with van der Waals surface area (Å²) in [7, 11) is 0. The average molecular weight is 457 g/mol. The van der Waals surface area contributed by atoms with Crippen LogP contribution in [0.15, 0.2) is 42.5 Å². The van der Waals surface area contributed by atoms with Gasteiger partial charge in [-0.15, -0.1) is 0 Å². The fraction of sp³-hybridized carbons (Fsp3) is 0.400. The summed E-state index contributed by atoms with van der Waals surface area (Å²) in [5.74, 6) is 0.385. The van der Waals surface area contributed by atoms with Crippen molar-refractivity contribution in [3.63, 3.8) is 0 Å². The zero-order valence-electron chi connectivity index (χ0n) is 17.2. The van der Waals surface area contributed by atoms with Gasteiger partial charge in [-0.05, 0) is 48.9 Å². The Bertz CT molecular complexity index is 1050. The predicted molar refractivity (Wildman–Crippen MR) is 125 cm³/mol. The van der Waals surface area contributed by atoms with E-state index in [1.54, 1.807) is 12.1 Å². The number of rotatable bonds is 3. The number of para-hydroxylation sites is 1. The van der Waals surface area contributed by atoms with Crippen LogP contribution in [0.2, 0.25) is 10.0 Å². The molecule has 3 atom stereocenters. The van der Waals surface area contributed by atoms with E-state index in [-0.39, 0.29) is 40.6 Å². The third-order valence-electron chi connectivity index (χ3n) is 6.97. The first-order valence-corrected chi connectivity index (χ1v) is 11.8. The number of phenols is 1. The molecule has 4 nitrogen and oxygen atoms in total. The number of phenolic OH excluding ortho intramolecular Hbond substituents is 1. The number of carbonyl (C=O) groups is 1. The second-order valence-corrected chi connectivity index (χ2v) is 9.72. The average Bonchev–Trinajstić information content (AvgIpc) is 3.26. The summed E-state index contributed by atoms with van der Waals surface area (Å²) in [6.45, 7) is 0. The second kappa shape index (κ2) is 8.40. The van der Waals surface area contributed by atoms with Gasteiger partial charge in [0, 0.05) is 22.5 Å². The van der Waals surface area contributed by atoms with Crippen LogP contribution in [-0.2, 0) is 0 Å². The lowest BCUT2D eigenvalue weighted by Crippen LogP contribution is -2.37. The molecule has 31 heavy (non-hydrogen) atoms. The quantitative estimate of drug-likeness (QED) is 0.456. The molecule has 1 aliphatic heterocycles. The summed E-state index contributed by atoms with van der Waals surface area (Å²) in [6, 6.07) is 9.29. The molecular formula is C25H26Cl2N2O2. The van der Waals surface area contributed by atoms with Crippen LogP contribution in [0.5, 0.6) is 5.75 Å². The molecular weight excluding hydrogens is 431 g/mol. The van der Waals surface area contributed by atoms with Crippen molar-refractivity contribution in [1.29, 1.82) is 0 Å². The van der Waals surface area contributed by atoms with E-state index in [1.807, 2.05) is 12.1 Å². The second-order valence-electron chi connectivity index (χ2n) is 8.88. The summed E-state index contributed by atoms with van der Waals surface area (Å²) in [5, 5.41) is 18.3. The van der Waals surface area contributed by atoms with Gasteiger partial charge in [0.2, 0.25) is 0 Å². The molecule has 3 N–H and O–H groups in total. The Kier molecular flexibility index (Phi) is 5.61. The minimum absolute atomic E-state index is 0.0382. The van der Waals surface area contributed by atoms with Crippen LogP contribution in [0.25, 0.3) is 0 Å². The zero-order valence-corrected chi connectivity index (χ0v) is 18.7. The Morgan fingerprint density at radius 2 is 1.90 bits per heavy atom. The van der Waals surface area contributed by atoms with Gasteiger partial charge in [-0.25, -0.2) is 0 Å². The Balaban J connectivity index is 1.53. The highest BCUT2D eigenvalue weighted by molar-refractivity contribution is 6.35. The third-order valence-corrected chi connectivity index (χ3v) is 7.48. The van der Waals surface area contributed by atoms with E-state index in [1.165, 1.54) is 19.3 Å². The van der Waals surface area contributed by atoms with Crippen molar-refractivity contribution in [2.45, 2.75) is 56.5 Å². The van der Waals surface area contributed by atoms with Crippen molar-refractivity contribution in [1.82, 2.24) is 5.32 Å². The van der Waals surface area contributed by atoms with E-state index in [0.29, 0.717) is 16.1 Å².